The number of hydrogen-bond donors (Lipinski definition) is 2. The average Bonchev–Trinajstić information content (AvgIpc) is 2.33. The van der Waals surface area contributed by atoms with E-state index < -0.39 is 0 Å². The van der Waals surface area contributed by atoms with Gasteiger partial charge in [0.1, 0.15) is 5.75 Å². The Bertz CT molecular complexity index is 329. The van der Waals surface area contributed by atoms with Gasteiger partial charge in [-0.15, -0.1) is 0 Å². The Hall–Kier alpha value is -1.42. The third-order valence-corrected chi connectivity index (χ3v) is 2.35. The van der Waals surface area contributed by atoms with Crippen LogP contribution in [0.5, 0.6) is 5.75 Å². The van der Waals surface area contributed by atoms with Crippen molar-refractivity contribution < 1.29 is 9.47 Å². The second-order valence-corrected chi connectivity index (χ2v) is 3.63. The minimum Gasteiger partial charge on any atom is -0.492 e. The summed E-state index contributed by atoms with van der Waals surface area (Å²) in [6.45, 7) is 6.95. The van der Waals surface area contributed by atoms with E-state index in [0.29, 0.717) is 12.3 Å². The molecule has 0 bridgehead atoms. The Morgan fingerprint density at radius 3 is 2.76 bits per heavy atom. The molecule has 4 nitrogen and oxygen atoms in total. The van der Waals surface area contributed by atoms with Crippen LogP contribution in [0.1, 0.15) is 20.3 Å². The van der Waals surface area contributed by atoms with Crippen LogP contribution in [0.4, 0.5) is 11.4 Å². The van der Waals surface area contributed by atoms with E-state index in [4.69, 9.17) is 15.2 Å². The van der Waals surface area contributed by atoms with E-state index in [2.05, 4.69) is 5.32 Å². The fourth-order valence-corrected chi connectivity index (χ4v) is 1.52. The first-order valence-electron chi connectivity index (χ1n) is 6.12. The van der Waals surface area contributed by atoms with Crippen molar-refractivity contribution in [3.8, 4) is 5.75 Å². The molecule has 4 heteroatoms. The lowest BCUT2D eigenvalue weighted by atomic mass is 10.2. The summed E-state index contributed by atoms with van der Waals surface area (Å²) in [5.41, 5.74) is 7.59. The van der Waals surface area contributed by atoms with Crippen LogP contribution < -0.4 is 15.8 Å². The SMILES string of the molecule is CCOCCCNc1cccc(OCC)c1N. The Morgan fingerprint density at radius 1 is 1.24 bits per heavy atom. The molecular formula is C13H22N2O2. The summed E-state index contributed by atoms with van der Waals surface area (Å²) >= 11 is 0. The average molecular weight is 238 g/mol. The largest absolute Gasteiger partial charge is 0.492 e. The normalized spacial score (nSPS) is 10.2. The molecule has 0 fully saturated rings. The maximum Gasteiger partial charge on any atom is 0.144 e. The van der Waals surface area contributed by atoms with E-state index in [1.54, 1.807) is 0 Å². The Balaban J connectivity index is 2.44. The highest BCUT2D eigenvalue weighted by atomic mass is 16.5. The highest BCUT2D eigenvalue weighted by molar-refractivity contribution is 5.72. The quantitative estimate of drug-likeness (QED) is 0.539. The van der Waals surface area contributed by atoms with Gasteiger partial charge in [0.15, 0.2) is 0 Å². The van der Waals surface area contributed by atoms with Crippen molar-refractivity contribution in [2.45, 2.75) is 20.3 Å². The number of anilines is 2. The number of nitrogens with two attached hydrogens (primary N) is 1. The van der Waals surface area contributed by atoms with E-state index >= 15 is 0 Å². The van der Waals surface area contributed by atoms with Crippen molar-refractivity contribution in [1.82, 2.24) is 0 Å². The number of benzene rings is 1. The van der Waals surface area contributed by atoms with Gasteiger partial charge in [0.05, 0.1) is 18.0 Å². The van der Waals surface area contributed by atoms with Gasteiger partial charge in [0.2, 0.25) is 0 Å². The monoisotopic (exact) mass is 238 g/mol. The van der Waals surface area contributed by atoms with Crippen molar-refractivity contribution in [3.05, 3.63) is 18.2 Å². The summed E-state index contributed by atoms with van der Waals surface area (Å²) < 4.78 is 10.7. The summed E-state index contributed by atoms with van der Waals surface area (Å²) in [7, 11) is 0. The molecule has 0 atom stereocenters. The molecule has 0 aromatic heterocycles. The van der Waals surface area contributed by atoms with E-state index in [1.807, 2.05) is 32.0 Å². The first-order chi connectivity index (χ1) is 8.29. The zero-order valence-electron chi connectivity index (χ0n) is 10.7. The van der Waals surface area contributed by atoms with E-state index in [0.717, 1.165) is 37.6 Å². The number of rotatable bonds is 8. The van der Waals surface area contributed by atoms with Crippen molar-refractivity contribution >= 4 is 11.4 Å². The molecule has 0 aliphatic rings. The molecular weight excluding hydrogens is 216 g/mol. The third-order valence-electron chi connectivity index (χ3n) is 2.35. The van der Waals surface area contributed by atoms with Crippen LogP contribution >= 0.6 is 0 Å². The predicted molar refractivity (Wildman–Crippen MR) is 71.6 cm³/mol. The predicted octanol–water partition coefficient (Wildman–Crippen LogP) is 2.51. The summed E-state index contributed by atoms with van der Waals surface area (Å²) in [5.74, 6) is 0.738. The first-order valence-corrected chi connectivity index (χ1v) is 6.12. The molecule has 3 N–H and O–H groups in total. The van der Waals surface area contributed by atoms with Crippen molar-refractivity contribution in [2.75, 3.05) is 37.4 Å². The summed E-state index contributed by atoms with van der Waals surface area (Å²) in [4.78, 5) is 0. The van der Waals surface area contributed by atoms with Crippen LogP contribution in [0.15, 0.2) is 18.2 Å². The molecule has 0 amide bonds. The lowest BCUT2D eigenvalue weighted by Crippen LogP contribution is -2.08. The number of nitrogens with one attached hydrogen (secondary N) is 1. The molecule has 0 saturated heterocycles. The minimum absolute atomic E-state index is 0.623. The van der Waals surface area contributed by atoms with E-state index in [1.165, 1.54) is 0 Å². The fraction of sp³-hybridized carbons (Fsp3) is 0.538. The van der Waals surface area contributed by atoms with Gasteiger partial charge < -0.3 is 20.5 Å². The Kier molecular flexibility index (Phi) is 6.25. The topological polar surface area (TPSA) is 56.5 Å². The van der Waals surface area contributed by atoms with Crippen molar-refractivity contribution in [3.63, 3.8) is 0 Å². The highest BCUT2D eigenvalue weighted by Gasteiger charge is 2.04. The van der Waals surface area contributed by atoms with Gasteiger partial charge >= 0.3 is 0 Å². The highest BCUT2D eigenvalue weighted by Crippen LogP contribution is 2.29. The molecule has 0 radical (unpaired) electrons. The lowest BCUT2D eigenvalue weighted by Gasteiger charge is -2.13. The third kappa shape index (κ3) is 4.53. The van der Waals surface area contributed by atoms with Gasteiger partial charge in [-0.1, -0.05) is 6.07 Å². The molecule has 1 rings (SSSR count). The van der Waals surface area contributed by atoms with Gasteiger partial charge in [-0.3, -0.25) is 0 Å². The summed E-state index contributed by atoms with van der Waals surface area (Å²) in [5, 5.41) is 3.29. The van der Waals surface area contributed by atoms with Gasteiger partial charge in [-0.05, 0) is 32.4 Å². The van der Waals surface area contributed by atoms with Crippen LogP contribution in [0.2, 0.25) is 0 Å². The van der Waals surface area contributed by atoms with Crippen LogP contribution in [0.25, 0.3) is 0 Å². The van der Waals surface area contributed by atoms with Crippen LogP contribution in [0, 0.1) is 0 Å². The Morgan fingerprint density at radius 2 is 2.06 bits per heavy atom. The van der Waals surface area contributed by atoms with Gasteiger partial charge in [0.25, 0.3) is 0 Å². The van der Waals surface area contributed by atoms with Gasteiger partial charge in [0, 0.05) is 19.8 Å². The first kappa shape index (κ1) is 13.6. The maximum atomic E-state index is 5.99. The Labute approximate surface area is 103 Å². The van der Waals surface area contributed by atoms with Crippen molar-refractivity contribution in [1.29, 1.82) is 0 Å². The zero-order chi connectivity index (χ0) is 12.5. The molecule has 0 heterocycles. The number of hydrogen-bond acceptors (Lipinski definition) is 4. The molecule has 0 aliphatic heterocycles. The van der Waals surface area contributed by atoms with Crippen LogP contribution in [0.3, 0.4) is 0 Å². The van der Waals surface area contributed by atoms with Crippen molar-refractivity contribution in [2.24, 2.45) is 0 Å². The van der Waals surface area contributed by atoms with Crippen LogP contribution in [-0.4, -0.2) is 26.4 Å². The molecule has 17 heavy (non-hydrogen) atoms. The lowest BCUT2D eigenvalue weighted by molar-refractivity contribution is 0.147. The molecule has 96 valence electrons. The fourth-order valence-electron chi connectivity index (χ4n) is 1.52. The molecule has 1 aromatic rings. The molecule has 0 aliphatic carbocycles. The minimum atomic E-state index is 0.623. The summed E-state index contributed by atoms with van der Waals surface area (Å²) in [6, 6.07) is 5.77. The maximum absolute atomic E-state index is 5.99. The van der Waals surface area contributed by atoms with E-state index in [9.17, 15) is 0 Å². The molecule has 0 spiro atoms. The smallest absolute Gasteiger partial charge is 0.144 e. The second-order valence-electron chi connectivity index (χ2n) is 3.63. The molecule has 0 saturated carbocycles. The standard InChI is InChI=1S/C13H22N2O2/c1-3-16-10-6-9-15-11-7-5-8-12(13(11)14)17-4-2/h5,7-8,15H,3-4,6,9-10,14H2,1-2H3. The van der Waals surface area contributed by atoms with Crippen LogP contribution in [-0.2, 0) is 4.74 Å². The zero-order valence-corrected chi connectivity index (χ0v) is 10.7. The van der Waals surface area contributed by atoms with Gasteiger partial charge in [-0.2, -0.15) is 0 Å². The second kappa shape index (κ2) is 7.79. The number of nitrogen functional groups attached to an aromatic ring is 1. The number of ether oxygens (including phenoxy) is 2. The van der Waals surface area contributed by atoms with Gasteiger partial charge in [-0.25, -0.2) is 0 Å². The molecule has 1 aromatic carbocycles. The van der Waals surface area contributed by atoms with E-state index in [-0.39, 0.29) is 0 Å². The summed E-state index contributed by atoms with van der Waals surface area (Å²) in [6.07, 6.45) is 0.964. The number of para-hydroxylation sites is 1. The molecule has 0 unspecified atom stereocenters.